The van der Waals surface area contributed by atoms with Gasteiger partial charge in [-0.15, -0.1) is 0 Å². The van der Waals surface area contributed by atoms with Crippen LogP contribution in [0.5, 0.6) is 5.75 Å². The lowest BCUT2D eigenvalue weighted by Crippen LogP contribution is -2.32. The van der Waals surface area contributed by atoms with E-state index < -0.39 is 15.8 Å². The molecule has 2 aromatic rings. The van der Waals surface area contributed by atoms with Crippen LogP contribution in [-0.4, -0.2) is 33.7 Å². The summed E-state index contributed by atoms with van der Waals surface area (Å²) < 4.78 is 44.4. The summed E-state index contributed by atoms with van der Waals surface area (Å²) in [4.78, 5) is 12.2. The molecule has 0 unspecified atom stereocenters. The molecule has 2 aromatic carbocycles. The molecule has 0 fully saturated rings. The molecule has 27 heavy (non-hydrogen) atoms. The molecule has 0 atom stereocenters. The van der Waals surface area contributed by atoms with Crippen molar-refractivity contribution in [2.75, 3.05) is 29.0 Å². The Labute approximate surface area is 159 Å². The average Bonchev–Trinajstić information content (AvgIpc) is 2.60. The van der Waals surface area contributed by atoms with Crippen molar-refractivity contribution in [2.24, 2.45) is 0 Å². The molecule has 0 saturated carbocycles. The van der Waals surface area contributed by atoms with Crippen LogP contribution in [0.15, 0.2) is 48.5 Å². The zero-order chi connectivity index (χ0) is 19.9. The standard InChI is InChI=1S/C19H23FN2O4S/c1-3-26-18-12-7-5-10-16(18)21-19(23)13-8-14-22(27(2,24)25)17-11-6-4-9-15(17)20/h4-7,9-12H,3,8,13-14H2,1-2H3,(H,21,23). The fraction of sp³-hybridized carbons (Fsp3) is 0.316. The van der Waals surface area contributed by atoms with Gasteiger partial charge in [-0.3, -0.25) is 9.10 Å². The molecule has 0 aromatic heterocycles. The summed E-state index contributed by atoms with van der Waals surface area (Å²) in [6.45, 7) is 2.32. The molecule has 0 aliphatic carbocycles. The average molecular weight is 394 g/mol. The molecule has 0 bridgehead atoms. The molecule has 0 saturated heterocycles. The van der Waals surface area contributed by atoms with Crippen molar-refractivity contribution >= 4 is 27.3 Å². The number of sulfonamides is 1. The highest BCUT2D eigenvalue weighted by atomic mass is 32.2. The van der Waals surface area contributed by atoms with Gasteiger partial charge in [-0.25, -0.2) is 12.8 Å². The molecule has 0 radical (unpaired) electrons. The normalized spacial score (nSPS) is 11.1. The summed E-state index contributed by atoms with van der Waals surface area (Å²) >= 11 is 0. The van der Waals surface area contributed by atoms with Gasteiger partial charge in [-0.05, 0) is 37.6 Å². The summed E-state index contributed by atoms with van der Waals surface area (Å²) in [5.74, 6) is -0.334. The first kappa shape index (κ1) is 20.7. The highest BCUT2D eigenvalue weighted by molar-refractivity contribution is 7.92. The van der Waals surface area contributed by atoms with Gasteiger partial charge >= 0.3 is 0 Å². The van der Waals surface area contributed by atoms with Gasteiger partial charge in [0.25, 0.3) is 0 Å². The van der Waals surface area contributed by atoms with Crippen LogP contribution in [0.3, 0.4) is 0 Å². The summed E-state index contributed by atoms with van der Waals surface area (Å²) in [7, 11) is -3.67. The van der Waals surface area contributed by atoms with Gasteiger partial charge in [-0.1, -0.05) is 24.3 Å². The number of nitrogens with zero attached hydrogens (tertiary/aromatic N) is 1. The first-order valence-corrected chi connectivity index (χ1v) is 10.4. The molecule has 2 rings (SSSR count). The number of nitrogens with one attached hydrogen (secondary N) is 1. The van der Waals surface area contributed by atoms with Gasteiger partial charge in [0.1, 0.15) is 11.6 Å². The largest absolute Gasteiger partial charge is 0.492 e. The van der Waals surface area contributed by atoms with Crippen LogP contribution in [0.2, 0.25) is 0 Å². The second-order valence-corrected chi connectivity index (χ2v) is 7.77. The zero-order valence-electron chi connectivity index (χ0n) is 15.3. The van der Waals surface area contributed by atoms with Gasteiger partial charge in [0.15, 0.2) is 0 Å². The zero-order valence-corrected chi connectivity index (χ0v) is 16.1. The predicted molar refractivity (Wildman–Crippen MR) is 104 cm³/mol. The SMILES string of the molecule is CCOc1ccccc1NC(=O)CCCN(c1ccccc1F)S(C)(=O)=O. The second kappa shape index (κ2) is 9.36. The van der Waals surface area contributed by atoms with E-state index in [9.17, 15) is 17.6 Å². The minimum atomic E-state index is -3.67. The van der Waals surface area contributed by atoms with E-state index >= 15 is 0 Å². The lowest BCUT2D eigenvalue weighted by Gasteiger charge is -2.22. The molecule has 0 spiro atoms. The Hall–Kier alpha value is -2.61. The monoisotopic (exact) mass is 394 g/mol. The number of para-hydroxylation sites is 3. The molecule has 1 amide bonds. The van der Waals surface area contributed by atoms with Crippen molar-refractivity contribution in [3.05, 3.63) is 54.3 Å². The van der Waals surface area contributed by atoms with E-state index in [-0.39, 0.29) is 31.0 Å². The highest BCUT2D eigenvalue weighted by Gasteiger charge is 2.20. The highest BCUT2D eigenvalue weighted by Crippen LogP contribution is 2.24. The van der Waals surface area contributed by atoms with Gasteiger partial charge in [0.05, 0.1) is 24.2 Å². The summed E-state index contributed by atoms with van der Waals surface area (Å²) in [6, 6.07) is 12.7. The minimum absolute atomic E-state index is 0.000291. The van der Waals surface area contributed by atoms with E-state index in [1.54, 1.807) is 30.3 Å². The molecule has 6 nitrogen and oxygen atoms in total. The van der Waals surface area contributed by atoms with E-state index in [0.29, 0.717) is 18.0 Å². The third-order valence-corrected chi connectivity index (χ3v) is 4.93. The number of anilines is 2. The van der Waals surface area contributed by atoms with Gasteiger partial charge in [0, 0.05) is 13.0 Å². The Kier molecular flexibility index (Phi) is 7.18. The Morgan fingerprint density at radius 1 is 1.15 bits per heavy atom. The van der Waals surface area contributed by atoms with E-state index in [1.807, 2.05) is 6.92 Å². The second-order valence-electron chi connectivity index (χ2n) is 5.87. The first-order valence-electron chi connectivity index (χ1n) is 8.57. The molecular weight excluding hydrogens is 371 g/mol. The fourth-order valence-electron chi connectivity index (χ4n) is 2.57. The molecular formula is C19H23FN2O4S. The van der Waals surface area contributed by atoms with Crippen molar-refractivity contribution in [3.8, 4) is 5.75 Å². The van der Waals surface area contributed by atoms with Gasteiger partial charge in [-0.2, -0.15) is 0 Å². The van der Waals surface area contributed by atoms with E-state index in [4.69, 9.17) is 4.74 Å². The number of carbonyl (C=O) groups is 1. The maximum absolute atomic E-state index is 14.0. The van der Waals surface area contributed by atoms with Crippen LogP contribution in [0.25, 0.3) is 0 Å². The number of hydrogen-bond donors (Lipinski definition) is 1. The lowest BCUT2D eigenvalue weighted by molar-refractivity contribution is -0.116. The van der Waals surface area contributed by atoms with Crippen LogP contribution in [-0.2, 0) is 14.8 Å². The van der Waals surface area contributed by atoms with Crippen molar-refractivity contribution in [3.63, 3.8) is 0 Å². The maximum atomic E-state index is 14.0. The Morgan fingerprint density at radius 2 is 1.81 bits per heavy atom. The van der Waals surface area contributed by atoms with Crippen molar-refractivity contribution in [2.45, 2.75) is 19.8 Å². The number of benzene rings is 2. The van der Waals surface area contributed by atoms with Gasteiger partial charge in [0.2, 0.25) is 15.9 Å². The Bertz CT molecular complexity index is 887. The fourth-order valence-corrected chi connectivity index (χ4v) is 3.53. The first-order chi connectivity index (χ1) is 12.8. The number of carbonyl (C=O) groups excluding carboxylic acids is 1. The van der Waals surface area contributed by atoms with Crippen LogP contribution in [0.4, 0.5) is 15.8 Å². The number of ether oxygens (including phenoxy) is 1. The molecule has 0 aliphatic heterocycles. The van der Waals surface area contributed by atoms with E-state index in [0.717, 1.165) is 10.6 Å². The molecule has 0 aliphatic rings. The minimum Gasteiger partial charge on any atom is -0.492 e. The van der Waals surface area contributed by atoms with Gasteiger partial charge < -0.3 is 10.1 Å². The predicted octanol–water partition coefficient (Wildman–Crippen LogP) is 3.41. The number of amides is 1. The van der Waals surface area contributed by atoms with E-state index in [2.05, 4.69) is 5.32 Å². The third kappa shape index (κ3) is 5.96. The number of halogens is 1. The maximum Gasteiger partial charge on any atom is 0.232 e. The Balaban J connectivity index is 1.99. The van der Waals surface area contributed by atoms with Crippen molar-refractivity contribution in [1.29, 1.82) is 0 Å². The lowest BCUT2D eigenvalue weighted by atomic mass is 10.2. The molecule has 0 heterocycles. The Morgan fingerprint density at radius 3 is 2.48 bits per heavy atom. The van der Waals surface area contributed by atoms with Crippen LogP contribution in [0.1, 0.15) is 19.8 Å². The third-order valence-electron chi connectivity index (χ3n) is 3.75. The van der Waals surface area contributed by atoms with Crippen LogP contribution in [0, 0.1) is 5.82 Å². The molecule has 8 heteroatoms. The number of hydrogen-bond acceptors (Lipinski definition) is 4. The molecule has 146 valence electrons. The van der Waals surface area contributed by atoms with Crippen LogP contribution < -0.4 is 14.4 Å². The number of rotatable bonds is 9. The van der Waals surface area contributed by atoms with Crippen LogP contribution >= 0.6 is 0 Å². The molecule has 1 N–H and O–H groups in total. The quantitative estimate of drug-likeness (QED) is 0.707. The summed E-state index contributed by atoms with van der Waals surface area (Å²) in [5, 5.41) is 2.75. The smallest absolute Gasteiger partial charge is 0.232 e. The summed E-state index contributed by atoms with van der Waals surface area (Å²) in [5.41, 5.74) is 0.528. The van der Waals surface area contributed by atoms with Crippen molar-refractivity contribution < 1.29 is 22.3 Å². The van der Waals surface area contributed by atoms with E-state index in [1.165, 1.54) is 18.2 Å². The summed E-state index contributed by atoms with van der Waals surface area (Å²) in [6.07, 6.45) is 1.34. The van der Waals surface area contributed by atoms with Crippen molar-refractivity contribution in [1.82, 2.24) is 0 Å². The topological polar surface area (TPSA) is 75.7 Å².